The van der Waals surface area contributed by atoms with Crippen molar-refractivity contribution in [3.8, 4) is 0 Å². The van der Waals surface area contributed by atoms with Crippen LogP contribution in [0.1, 0.15) is 11.7 Å². The van der Waals surface area contributed by atoms with Gasteiger partial charge in [-0.25, -0.2) is 0 Å². The van der Waals surface area contributed by atoms with Crippen LogP contribution in [0.5, 0.6) is 0 Å². The Labute approximate surface area is 76.8 Å². The highest BCUT2D eigenvalue weighted by Crippen LogP contribution is 2.21. The Bertz CT molecular complexity index is 278. The van der Waals surface area contributed by atoms with Gasteiger partial charge in [0.25, 0.3) is 0 Å². The quantitative estimate of drug-likeness (QED) is 0.400. The van der Waals surface area contributed by atoms with Crippen molar-refractivity contribution in [3.05, 3.63) is 23.8 Å². The van der Waals surface area contributed by atoms with Gasteiger partial charge >= 0.3 is 0 Å². The third kappa shape index (κ3) is 1.91. The molecule has 4 heteroatoms. The van der Waals surface area contributed by atoms with E-state index in [1.54, 1.807) is 18.2 Å². The fourth-order valence-electron chi connectivity index (χ4n) is 0.904. The average molecular weight is 184 g/mol. The molecule has 0 fully saturated rings. The van der Waals surface area contributed by atoms with E-state index in [4.69, 9.17) is 11.5 Å². The number of aliphatic hydroxyl groups is 1. The summed E-state index contributed by atoms with van der Waals surface area (Å²) in [4.78, 5) is 0.667. The molecule has 0 aromatic heterocycles. The van der Waals surface area contributed by atoms with Gasteiger partial charge in [0.2, 0.25) is 0 Å². The van der Waals surface area contributed by atoms with Crippen LogP contribution >= 0.6 is 12.6 Å². The van der Waals surface area contributed by atoms with Crippen LogP contribution in [0.15, 0.2) is 23.1 Å². The van der Waals surface area contributed by atoms with Crippen LogP contribution in [-0.2, 0) is 0 Å². The first kappa shape index (κ1) is 9.38. The number of anilines is 1. The molecule has 0 saturated carbocycles. The summed E-state index contributed by atoms with van der Waals surface area (Å²) in [5.74, 6) is 0. The lowest BCUT2D eigenvalue weighted by molar-refractivity contribution is 0.186. The summed E-state index contributed by atoms with van der Waals surface area (Å²) in [6.07, 6.45) is -0.628. The predicted molar refractivity (Wildman–Crippen MR) is 52.1 cm³/mol. The van der Waals surface area contributed by atoms with Gasteiger partial charge < -0.3 is 16.6 Å². The summed E-state index contributed by atoms with van der Waals surface area (Å²) in [7, 11) is 0. The second-order valence-corrected chi connectivity index (χ2v) is 3.05. The minimum absolute atomic E-state index is 0.205. The van der Waals surface area contributed by atoms with Crippen molar-refractivity contribution in [2.24, 2.45) is 5.73 Å². The molecule has 5 N–H and O–H groups in total. The molecule has 0 aliphatic carbocycles. The van der Waals surface area contributed by atoms with Gasteiger partial charge in [0, 0.05) is 17.1 Å². The molecule has 0 saturated heterocycles. The van der Waals surface area contributed by atoms with Gasteiger partial charge in [-0.3, -0.25) is 0 Å². The highest BCUT2D eigenvalue weighted by atomic mass is 32.1. The summed E-state index contributed by atoms with van der Waals surface area (Å²) in [6, 6.07) is 5.17. The van der Waals surface area contributed by atoms with Crippen molar-refractivity contribution < 1.29 is 5.11 Å². The van der Waals surface area contributed by atoms with Crippen molar-refractivity contribution in [1.29, 1.82) is 0 Å². The molecule has 1 atom stereocenters. The number of nitrogens with two attached hydrogens (primary N) is 2. The van der Waals surface area contributed by atoms with Gasteiger partial charge in [-0.2, -0.15) is 0 Å². The van der Waals surface area contributed by atoms with E-state index in [-0.39, 0.29) is 6.54 Å². The molecule has 0 bridgehead atoms. The molecule has 12 heavy (non-hydrogen) atoms. The molecule has 3 nitrogen and oxygen atoms in total. The molecule has 1 rings (SSSR count). The number of thiol groups is 1. The summed E-state index contributed by atoms with van der Waals surface area (Å²) >= 11 is 4.12. The second kappa shape index (κ2) is 3.80. The third-order valence-corrected chi connectivity index (χ3v) is 2.05. The minimum Gasteiger partial charge on any atom is -0.398 e. The molecule has 0 amide bonds. The van der Waals surface area contributed by atoms with Gasteiger partial charge in [-0.15, -0.1) is 12.6 Å². The van der Waals surface area contributed by atoms with Crippen LogP contribution in [0.3, 0.4) is 0 Å². The minimum atomic E-state index is -0.628. The molecule has 0 aliphatic heterocycles. The molecular formula is C8H12N2OS. The first-order chi connectivity index (χ1) is 5.65. The SMILES string of the molecule is NCC(O)c1ccc(N)c(S)c1. The van der Waals surface area contributed by atoms with E-state index in [9.17, 15) is 5.11 Å². The first-order valence-electron chi connectivity index (χ1n) is 3.61. The Morgan fingerprint density at radius 1 is 1.50 bits per heavy atom. The average Bonchev–Trinajstić information content (AvgIpc) is 2.08. The van der Waals surface area contributed by atoms with Crippen LogP contribution in [0.4, 0.5) is 5.69 Å². The number of hydrogen-bond acceptors (Lipinski definition) is 4. The lowest BCUT2D eigenvalue weighted by atomic mass is 10.1. The van der Waals surface area contributed by atoms with E-state index >= 15 is 0 Å². The maximum Gasteiger partial charge on any atom is 0.0912 e. The van der Waals surface area contributed by atoms with Crippen LogP contribution in [0, 0.1) is 0 Å². The van der Waals surface area contributed by atoms with Crippen LogP contribution < -0.4 is 11.5 Å². The van der Waals surface area contributed by atoms with Crippen LogP contribution in [0.25, 0.3) is 0 Å². The highest BCUT2D eigenvalue weighted by molar-refractivity contribution is 7.80. The van der Waals surface area contributed by atoms with Gasteiger partial charge in [0.05, 0.1) is 6.10 Å². The van der Waals surface area contributed by atoms with Crippen molar-refractivity contribution >= 4 is 18.3 Å². The Morgan fingerprint density at radius 3 is 2.67 bits per heavy atom. The van der Waals surface area contributed by atoms with Crippen molar-refractivity contribution in [2.45, 2.75) is 11.0 Å². The van der Waals surface area contributed by atoms with Gasteiger partial charge in [-0.1, -0.05) is 6.07 Å². The number of rotatable bonds is 2. The molecule has 1 aromatic carbocycles. The monoisotopic (exact) mass is 184 g/mol. The molecule has 0 heterocycles. The lowest BCUT2D eigenvalue weighted by Crippen LogP contribution is -2.11. The van der Waals surface area contributed by atoms with Crippen molar-refractivity contribution in [1.82, 2.24) is 0 Å². The maximum absolute atomic E-state index is 9.34. The zero-order chi connectivity index (χ0) is 9.14. The number of nitrogen functional groups attached to an aromatic ring is 1. The van der Waals surface area contributed by atoms with Gasteiger partial charge in [0.15, 0.2) is 0 Å². The standard InChI is InChI=1S/C8H12N2OS/c9-4-7(11)5-1-2-6(10)8(12)3-5/h1-3,7,11-12H,4,9-10H2. The normalized spacial score (nSPS) is 12.9. The zero-order valence-electron chi connectivity index (χ0n) is 6.57. The van der Waals surface area contributed by atoms with E-state index in [1.807, 2.05) is 0 Å². The van der Waals surface area contributed by atoms with Crippen LogP contribution in [0.2, 0.25) is 0 Å². The summed E-state index contributed by atoms with van der Waals surface area (Å²) in [6.45, 7) is 0.205. The van der Waals surface area contributed by atoms with E-state index in [1.165, 1.54) is 0 Å². The topological polar surface area (TPSA) is 72.3 Å². The third-order valence-electron chi connectivity index (χ3n) is 1.66. The molecule has 0 aliphatic rings. The molecule has 1 unspecified atom stereocenters. The Hall–Kier alpha value is -0.710. The Kier molecular flexibility index (Phi) is 2.97. The summed E-state index contributed by atoms with van der Waals surface area (Å²) < 4.78 is 0. The molecular weight excluding hydrogens is 172 g/mol. The van der Waals surface area contributed by atoms with Gasteiger partial charge in [-0.05, 0) is 17.7 Å². The van der Waals surface area contributed by atoms with E-state index in [0.717, 1.165) is 5.56 Å². The van der Waals surface area contributed by atoms with E-state index in [2.05, 4.69) is 12.6 Å². The smallest absolute Gasteiger partial charge is 0.0912 e. The predicted octanol–water partition coefficient (Wildman–Crippen LogP) is 0.550. The van der Waals surface area contributed by atoms with E-state index in [0.29, 0.717) is 10.6 Å². The molecule has 1 aromatic rings. The fraction of sp³-hybridized carbons (Fsp3) is 0.250. The Morgan fingerprint density at radius 2 is 2.17 bits per heavy atom. The van der Waals surface area contributed by atoms with Crippen LogP contribution in [-0.4, -0.2) is 11.7 Å². The van der Waals surface area contributed by atoms with Gasteiger partial charge in [0.1, 0.15) is 0 Å². The zero-order valence-corrected chi connectivity index (χ0v) is 7.46. The maximum atomic E-state index is 9.34. The number of hydrogen-bond donors (Lipinski definition) is 4. The summed E-state index contributed by atoms with van der Waals surface area (Å²) in [5.41, 5.74) is 12.2. The number of aliphatic hydroxyl groups excluding tert-OH is 1. The van der Waals surface area contributed by atoms with Crippen molar-refractivity contribution in [3.63, 3.8) is 0 Å². The fourth-order valence-corrected chi connectivity index (χ4v) is 1.13. The Balaban J connectivity index is 2.96. The first-order valence-corrected chi connectivity index (χ1v) is 4.06. The second-order valence-electron chi connectivity index (χ2n) is 2.57. The largest absolute Gasteiger partial charge is 0.398 e. The molecule has 0 radical (unpaired) electrons. The number of benzene rings is 1. The van der Waals surface area contributed by atoms with Crippen molar-refractivity contribution in [2.75, 3.05) is 12.3 Å². The molecule has 66 valence electrons. The lowest BCUT2D eigenvalue weighted by Gasteiger charge is -2.09. The highest BCUT2D eigenvalue weighted by Gasteiger charge is 2.05. The summed E-state index contributed by atoms with van der Waals surface area (Å²) in [5, 5.41) is 9.34. The van der Waals surface area contributed by atoms with E-state index < -0.39 is 6.10 Å². The molecule has 0 spiro atoms.